The average molecular weight is 531 g/mol. The van der Waals surface area contributed by atoms with E-state index in [1.807, 2.05) is 45.9 Å². The summed E-state index contributed by atoms with van der Waals surface area (Å²) in [5, 5.41) is 30.3. The topological polar surface area (TPSA) is 140 Å². The molecule has 0 spiro atoms. The second-order valence-electron chi connectivity index (χ2n) is 10.9. The molecule has 4 rings (SSSR count). The lowest BCUT2D eigenvalue weighted by atomic mass is 9.94. The van der Waals surface area contributed by atoms with Gasteiger partial charge < -0.3 is 20.2 Å². The highest BCUT2D eigenvalue weighted by Crippen LogP contribution is 2.36. The number of rotatable bonds is 6. The van der Waals surface area contributed by atoms with Crippen LogP contribution in [0, 0.1) is 18.3 Å². The molecule has 11 heteroatoms. The summed E-state index contributed by atoms with van der Waals surface area (Å²) >= 11 is 0. The molecule has 1 atom stereocenters. The number of piperidine rings is 1. The smallest absolute Gasteiger partial charge is 0.407 e. The van der Waals surface area contributed by atoms with Gasteiger partial charge in [0.25, 0.3) is 5.91 Å². The van der Waals surface area contributed by atoms with E-state index in [1.54, 1.807) is 30.3 Å². The molecule has 2 aromatic heterocycles. The number of benzene rings is 1. The van der Waals surface area contributed by atoms with Crippen molar-refractivity contribution in [2.45, 2.75) is 58.7 Å². The standard InChI is InChI=1S/C28H34N8O3/c1-18-11-19(8-9-20(18)14-31-26(37)23-17-36(33-32-23)28(2,3)4)25-21(12-29)13-30-15-24(25)35-10-6-7-22(16-35)34(5)27(38)39/h8-9,11,13,15,17,22H,6-7,10,14,16H2,1-5H3,(H,31,37)(H,38,39)/t22-/m1/s1. The van der Waals surface area contributed by atoms with Crippen LogP contribution in [0.3, 0.4) is 0 Å². The van der Waals surface area contributed by atoms with Crippen molar-refractivity contribution >= 4 is 17.7 Å². The summed E-state index contributed by atoms with van der Waals surface area (Å²) in [4.78, 5) is 32.0. The van der Waals surface area contributed by atoms with Crippen molar-refractivity contribution in [2.24, 2.45) is 0 Å². The molecule has 1 saturated heterocycles. The van der Waals surface area contributed by atoms with Crippen LogP contribution in [-0.4, -0.2) is 68.2 Å². The van der Waals surface area contributed by atoms with Gasteiger partial charge in [-0.25, -0.2) is 9.48 Å². The van der Waals surface area contributed by atoms with Crippen molar-refractivity contribution in [3.8, 4) is 17.2 Å². The molecular formula is C28H34N8O3. The first-order chi connectivity index (χ1) is 18.5. The Bertz CT molecular complexity index is 1420. The molecule has 0 aliphatic carbocycles. The van der Waals surface area contributed by atoms with Gasteiger partial charge in [0, 0.05) is 38.4 Å². The Labute approximate surface area is 228 Å². The number of aryl methyl sites for hydroxylation is 1. The number of nitriles is 1. The number of anilines is 1. The van der Waals surface area contributed by atoms with Gasteiger partial charge >= 0.3 is 6.09 Å². The first kappa shape index (κ1) is 27.6. The van der Waals surface area contributed by atoms with Gasteiger partial charge in [-0.2, -0.15) is 5.26 Å². The van der Waals surface area contributed by atoms with Crippen molar-refractivity contribution in [2.75, 3.05) is 25.0 Å². The third kappa shape index (κ3) is 6.00. The number of nitrogens with one attached hydrogen (secondary N) is 1. The minimum atomic E-state index is -0.955. The molecule has 2 N–H and O–H groups in total. The van der Waals surface area contributed by atoms with Crippen molar-refractivity contribution in [3.05, 3.63) is 59.2 Å². The average Bonchev–Trinajstić information content (AvgIpc) is 3.43. The zero-order valence-electron chi connectivity index (χ0n) is 23.0. The summed E-state index contributed by atoms with van der Waals surface area (Å²) in [5.74, 6) is -0.303. The largest absolute Gasteiger partial charge is 0.465 e. The van der Waals surface area contributed by atoms with Crippen molar-refractivity contribution in [3.63, 3.8) is 0 Å². The molecule has 1 aromatic carbocycles. The Morgan fingerprint density at radius 2 is 2.05 bits per heavy atom. The summed E-state index contributed by atoms with van der Waals surface area (Å²) in [7, 11) is 1.59. The summed E-state index contributed by atoms with van der Waals surface area (Å²) in [6, 6.07) is 8.00. The minimum absolute atomic E-state index is 0.146. The lowest BCUT2D eigenvalue weighted by Gasteiger charge is -2.38. The fourth-order valence-electron chi connectivity index (χ4n) is 4.73. The van der Waals surface area contributed by atoms with Crippen LogP contribution in [0.2, 0.25) is 0 Å². The predicted molar refractivity (Wildman–Crippen MR) is 146 cm³/mol. The molecule has 204 valence electrons. The van der Waals surface area contributed by atoms with E-state index in [2.05, 4.69) is 31.6 Å². The van der Waals surface area contributed by atoms with Gasteiger partial charge in [0.05, 0.1) is 35.2 Å². The molecule has 1 fully saturated rings. The van der Waals surface area contributed by atoms with Gasteiger partial charge in [0.15, 0.2) is 5.69 Å². The third-order valence-electron chi connectivity index (χ3n) is 7.12. The molecule has 39 heavy (non-hydrogen) atoms. The van der Waals surface area contributed by atoms with Crippen LogP contribution in [0.4, 0.5) is 10.5 Å². The molecule has 0 saturated carbocycles. The number of carboxylic acid groups (broad SMARTS) is 1. The number of likely N-dealkylation sites (N-methyl/N-ethyl adjacent to an activating group) is 1. The van der Waals surface area contributed by atoms with Gasteiger partial charge in [-0.15, -0.1) is 5.10 Å². The van der Waals surface area contributed by atoms with Crippen LogP contribution in [0.1, 0.15) is 60.8 Å². The normalized spacial score (nSPS) is 15.5. The second-order valence-corrected chi connectivity index (χ2v) is 10.9. The fraction of sp³-hybridized carbons (Fsp3) is 0.429. The third-order valence-corrected chi connectivity index (χ3v) is 7.12. The summed E-state index contributed by atoms with van der Waals surface area (Å²) in [5.41, 5.74) is 4.76. The highest BCUT2D eigenvalue weighted by molar-refractivity contribution is 5.91. The van der Waals surface area contributed by atoms with E-state index in [1.165, 1.54) is 4.90 Å². The lowest BCUT2D eigenvalue weighted by molar-refractivity contribution is 0.0945. The van der Waals surface area contributed by atoms with E-state index in [9.17, 15) is 20.0 Å². The van der Waals surface area contributed by atoms with Crippen LogP contribution in [0.5, 0.6) is 0 Å². The summed E-state index contributed by atoms with van der Waals surface area (Å²) in [6.45, 7) is 9.50. The molecule has 3 heterocycles. The number of amides is 2. The van der Waals surface area contributed by atoms with Crippen LogP contribution in [-0.2, 0) is 12.1 Å². The molecule has 0 bridgehead atoms. The maximum atomic E-state index is 12.7. The number of pyridine rings is 1. The summed E-state index contributed by atoms with van der Waals surface area (Å²) in [6.07, 6.45) is 5.60. The molecular weight excluding hydrogens is 496 g/mol. The van der Waals surface area contributed by atoms with Crippen molar-refractivity contribution in [1.29, 1.82) is 5.26 Å². The number of hydrogen-bond donors (Lipinski definition) is 2. The van der Waals surface area contributed by atoms with Gasteiger partial charge in [-0.3, -0.25) is 9.78 Å². The Kier molecular flexibility index (Phi) is 7.85. The van der Waals surface area contributed by atoms with Gasteiger partial charge in [-0.05, 0) is 57.2 Å². The maximum absolute atomic E-state index is 12.7. The quantitative estimate of drug-likeness (QED) is 0.491. The van der Waals surface area contributed by atoms with Crippen molar-refractivity contribution < 1.29 is 14.7 Å². The molecule has 1 aliphatic heterocycles. The second kappa shape index (κ2) is 11.1. The van der Waals surface area contributed by atoms with Gasteiger partial charge in [0.2, 0.25) is 0 Å². The van der Waals surface area contributed by atoms with Gasteiger partial charge in [-0.1, -0.05) is 23.4 Å². The number of nitrogens with zero attached hydrogens (tertiary/aromatic N) is 7. The van der Waals surface area contributed by atoms with Crippen LogP contribution in [0.25, 0.3) is 11.1 Å². The van der Waals surface area contributed by atoms with E-state index >= 15 is 0 Å². The Morgan fingerprint density at radius 3 is 2.69 bits per heavy atom. The van der Waals surface area contributed by atoms with E-state index < -0.39 is 6.09 Å². The highest BCUT2D eigenvalue weighted by Gasteiger charge is 2.28. The van der Waals surface area contributed by atoms with E-state index in [0.29, 0.717) is 18.7 Å². The molecule has 0 radical (unpaired) electrons. The summed E-state index contributed by atoms with van der Waals surface area (Å²) < 4.78 is 1.66. The van der Waals surface area contributed by atoms with Crippen molar-refractivity contribution in [1.82, 2.24) is 30.2 Å². The van der Waals surface area contributed by atoms with E-state index in [-0.39, 0.29) is 23.2 Å². The molecule has 3 aromatic rings. The number of hydrogen-bond acceptors (Lipinski definition) is 7. The predicted octanol–water partition coefficient (Wildman–Crippen LogP) is 3.78. The van der Waals surface area contributed by atoms with E-state index in [4.69, 9.17) is 0 Å². The number of carbonyl (C=O) groups is 2. The lowest BCUT2D eigenvalue weighted by Crippen LogP contribution is -2.48. The Hall–Kier alpha value is -4.46. The number of aromatic nitrogens is 4. The van der Waals surface area contributed by atoms with Gasteiger partial charge in [0.1, 0.15) is 6.07 Å². The molecule has 11 nitrogen and oxygen atoms in total. The zero-order chi connectivity index (χ0) is 28.3. The first-order valence-corrected chi connectivity index (χ1v) is 12.9. The van der Waals surface area contributed by atoms with E-state index in [0.717, 1.165) is 47.3 Å². The monoisotopic (exact) mass is 530 g/mol. The maximum Gasteiger partial charge on any atom is 0.407 e. The van der Waals surface area contributed by atoms with Crippen LogP contribution >= 0.6 is 0 Å². The fourth-order valence-corrected chi connectivity index (χ4v) is 4.73. The van der Waals surface area contributed by atoms with Crippen LogP contribution in [0.15, 0.2) is 36.8 Å². The van der Waals surface area contributed by atoms with Crippen LogP contribution < -0.4 is 10.2 Å². The Morgan fingerprint density at radius 1 is 1.28 bits per heavy atom. The Balaban J connectivity index is 1.56. The SMILES string of the molecule is Cc1cc(-c2c(C#N)cncc2N2CCC[C@@H](N(C)C(=O)O)C2)ccc1CNC(=O)c1cn(C(C)(C)C)nn1. The molecule has 0 unspecified atom stereocenters. The number of carbonyl (C=O) groups excluding carboxylic acids is 1. The zero-order valence-corrected chi connectivity index (χ0v) is 23.0. The molecule has 1 aliphatic rings. The highest BCUT2D eigenvalue weighted by atomic mass is 16.4. The minimum Gasteiger partial charge on any atom is -0.465 e. The first-order valence-electron chi connectivity index (χ1n) is 12.9. The molecule has 2 amide bonds.